The molecule has 0 saturated heterocycles. The predicted molar refractivity (Wildman–Crippen MR) is 182 cm³/mol. The quantitative estimate of drug-likeness (QED) is 0.121. The van der Waals surface area contributed by atoms with E-state index in [1.165, 1.54) is 57.8 Å². The van der Waals surface area contributed by atoms with Gasteiger partial charge in [0.15, 0.2) is 0 Å². The van der Waals surface area contributed by atoms with Crippen molar-refractivity contribution >= 4 is 18.4 Å². The summed E-state index contributed by atoms with van der Waals surface area (Å²) in [6.07, 6.45) is 28.5. The van der Waals surface area contributed by atoms with Crippen molar-refractivity contribution in [2.45, 2.75) is 182 Å². The van der Waals surface area contributed by atoms with Crippen molar-refractivity contribution in [1.29, 1.82) is 0 Å². The summed E-state index contributed by atoms with van der Waals surface area (Å²) < 4.78 is 6.29. The summed E-state index contributed by atoms with van der Waals surface area (Å²) >= 11 is -2.17. The average molecular weight is 660 g/mol. The summed E-state index contributed by atoms with van der Waals surface area (Å²) in [7, 11) is 0. The number of rotatable bonds is 15. The average Bonchev–Trinajstić information content (AvgIpc) is 3.29. The zero-order chi connectivity index (χ0) is 29.0. The molecule has 4 aliphatic carbocycles. The molecule has 0 aliphatic heterocycles. The minimum absolute atomic E-state index is 0.541. The maximum atomic E-state index is 2.91. The molecule has 4 unspecified atom stereocenters. The summed E-state index contributed by atoms with van der Waals surface area (Å²) in [4.78, 5) is 0. The van der Waals surface area contributed by atoms with E-state index in [4.69, 9.17) is 0 Å². The van der Waals surface area contributed by atoms with E-state index in [1.807, 2.05) is 5.57 Å². The van der Waals surface area contributed by atoms with Gasteiger partial charge in [-0.25, -0.2) is 0 Å². The molecule has 4 rings (SSSR count). The molecule has 0 N–H and O–H groups in total. The van der Waals surface area contributed by atoms with Gasteiger partial charge in [0.1, 0.15) is 0 Å². The molecule has 0 amide bonds. The second kappa shape index (κ2) is 14.5. The van der Waals surface area contributed by atoms with Gasteiger partial charge in [-0.3, -0.25) is 0 Å². The van der Waals surface area contributed by atoms with Crippen molar-refractivity contribution in [1.82, 2.24) is 0 Å². The molecule has 40 heavy (non-hydrogen) atoms. The van der Waals surface area contributed by atoms with Gasteiger partial charge < -0.3 is 0 Å². The zero-order valence-corrected chi connectivity index (χ0v) is 31.6. The molecule has 0 aromatic rings. The van der Waals surface area contributed by atoms with Crippen LogP contribution in [-0.2, 0) is 0 Å². The summed E-state index contributed by atoms with van der Waals surface area (Å²) in [5.41, 5.74) is 3.17. The van der Waals surface area contributed by atoms with Gasteiger partial charge >= 0.3 is 232 Å². The van der Waals surface area contributed by atoms with E-state index in [2.05, 4.69) is 61.5 Å². The maximum absolute atomic E-state index is 2.91. The van der Waals surface area contributed by atoms with Gasteiger partial charge in [-0.05, 0) is 5.92 Å². The van der Waals surface area contributed by atoms with Gasteiger partial charge in [0.25, 0.3) is 0 Å². The second-order valence-corrected chi connectivity index (χ2v) is 31.3. The van der Waals surface area contributed by atoms with Crippen molar-refractivity contribution in [2.24, 2.45) is 46.3 Å². The molecular formula is C39H72Sn. The molecule has 3 fully saturated rings. The van der Waals surface area contributed by atoms with Crippen LogP contribution in [0.4, 0.5) is 0 Å². The molecule has 0 heterocycles. The number of fused-ring (bicyclic) bond motifs is 5. The monoisotopic (exact) mass is 660 g/mol. The molecule has 0 spiro atoms. The van der Waals surface area contributed by atoms with Gasteiger partial charge in [0.2, 0.25) is 0 Å². The summed E-state index contributed by atoms with van der Waals surface area (Å²) in [6, 6.07) is 0. The van der Waals surface area contributed by atoms with E-state index >= 15 is 0 Å². The van der Waals surface area contributed by atoms with Gasteiger partial charge in [-0.1, -0.05) is 20.3 Å². The molecule has 0 radical (unpaired) electrons. The van der Waals surface area contributed by atoms with Crippen LogP contribution in [-0.4, -0.2) is 18.4 Å². The van der Waals surface area contributed by atoms with Crippen LogP contribution in [0.3, 0.4) is 0 Å². The standard InChI is InChI=1S/C27H45.3C4H9.Sn/c1-19(2)9-8-10-20(3)23-14-15-24-22-13-12-21-11-6-7-17-26(21,4)25(22)16-18-27(23,24)5;3*1-3-4-2;/h6,12,19-20,22-25H,7-11,13-18H2,1-5H3;3*1,3-4H2,2H3;/t20-,22?,23-,24?,25?,26+,27-;;;;/m1..../s1. The Labute approximate surface area is 257 Å². The van der Waals surface area contributed by atoms with Crippen LogP contribution in [0.15, 0.2) is 11.6 Å². The van der Waals surface area contributed by atoms with Crippen LogP contribution in [0.1, 0.15) is 165 Å². The Bertz CT molecular complexity index is 788. The second-order valence-electron chi connectivity index (χ2n) is 16.9. The Kier molecular flexibility index (Phi) is 12.2. The Morgan fingerprint density at radius 2 is 1.43 bits per heavy atom. The normalized spacial score (nSPS) is 36.6. The van der Waals surface area contributed by atoms with E-state index in [9.17, 15) is 0 Å². The third-order valence-electron chi connectivity index (χ3n) is 14.3. The van der Waals surface area contributed by atoms with Crippen LogP contribution < -0.4 is 0 Å². The van der Waals surface area contributed by atoms with Crippen molar-refractivity contribution in [2.75, 3.05) is 0 Å². The molecule has 232 valence electrons. The van der Waals surface area contributed by atoms with Crippen LogP contribution in [0.5, 0.6) is 0 Å². The van der Waals surface area contributed by atoms with E-state index in [1.54, 1.807) is 64.7 Å². The van der Waals surface area contributed by atoms with Crippen molar-refractivity contribution in [3.8, 4) is 0 Å². The SMILES string of the molecule is CCC[CH2][Sn]([CH2]CCC)([CH2]CCC)[CH]1CC[C@@]2(C)C(=CCC3C2CC[C@@]2(C)C3CC[C@@H]2[C@H](C)CCCC(C)C)C1. The third kappa shape index (κ3) is 6.77. The molecule has 4 aliphatic rings. The fourth-order valence-electron chi connectivity index (χ4n) is 11.8. The summed E-state index contributed by atoms with van der Waals surface area (Å²) in [5, 5.41) is 0. The first-order valence-corrected chi connectivity index (χ1v) is 26.5. The van der Waals surface area contributed by atoms with Gasteiger partial charge in [0.05, 0.1) is 0 Å². The van der Waals surface area contributed by atoms with Crippen LogP contribution >= 0.6 is 0 Å². The molecule has 0 nitrogen and oxygen atoms in total. The Hall–Kier alpha value is 0.539. The first-order chi connectivity index (χ1) is 19.1. The number of allylic oxidation sites excluding steroid dienone is 2. The van der Waals surface area contributed by atoms with Crippen LogP contribution in [0.25, 0.3) is 0 Å². The fraction of sp³-hybridized carbons (Fsp3) is 0.949. The van der Waals surface area contributed by atoms with E-state index in [0.717, 1.165) is 39.4 Å². The van der Waals surface area contributed by atoms with E-state index < -0.39 is 18.4 Å². The Balaban J connectivity index is 1.50. The number of hydrogen-bond acceptors (Lipinski definition) is 0. The minimum atomic E-state index is -2.17. The van der Waals surface area contributed by atoms with Crippen molar-refractivity contribution in [3.05, 3.63) is 11.6 Å². The van der Waals surface area contributed by atoms with Gasteiger partial charge in [-0.15, -0.1) is 0 Å². The number of hydrogen-bond donors (Lipinski definition) is 0. The van der Waals surface area contributed by atoms with Crippen molar-refractivity contribution < 1.29 is 0 Å². The first kappa shape index (κ1) is 33.4. The van der Waals surface area contributed by atoms with E-state index in [0.29, 0.717) is 10.8 Å². The molecule has 0 aromatic heterocycles. The zero-order valence-electron chi connectivity index (χ0n) is 28.8. The van der Waals surface area contributed by atoms with Crippen LogP contribution in [0, 0.1) is 46.3 Å². The molecule has 3 saturated carbocycles. The van der Waals surface area contributed by atoms with Gasteiger partial charge in [-0.2, -0.15) is 0 Å². The predicted octanol–water partition coefficient (Wildman–Crippen LogP) is 13.2. The first-order valence-electron chi connectivity index (χ1n) is 18.8. The fourth-order valence-corrected chi connectivity index (χ4v) is 30.5. The van der Waals surface area contributed by atoms with Crippen LogP contribution in [0.2, 0.25) is 17.2 Å². The van der Waals surface area contributed by atoms with E-state index in [-0.39, 0.29) is 0 Å². The number of unbranched alkanes of at least 4 members (excludes halogenated alkanes) is 3. The van der Waals surface area contributed by atoms with Gasteiger partial charge in [0, 0.05) is 0 Å². The molecular weight excluding hydrogens is 587 g/mol. The third-order valence-corrected chi connectivity index (χ3v) is 32.2. The van der Waals surface area contributed by atoms with Crippen molar-refractivity contribution in [3.63, 3.8) is 0 Å². The summed E-state index contributed by atoms with van der Waals surface area (Å²) in [6.45, 7) is 20.4. The topological polar surface area (TPSA) is 0 Å². The molecule has 0 bridgehead atoms. The Morgan fingerprint density at radius 1 is 0.775 bits per heavy atom. The molecule has 1 heteroatoms. The molecule has 8 atom stereocenters. The Morgan fingerprint density at radius 3 is 2.02 bits per heavy atom. The molecule has 0 aromatic carbocycles. The summed E-state index contributed by atoms with van der Waals surface area (Å²) in [5.74, 6) is 5.78.